The highest BCUT2D eigenvalue weighted by molar-refractivity contribution is 6.99. The second kappa shape index (κ2) is 6.83. The van der Waals surface area contributed by atoms with Crippen LogP contribution in [-0.2, 0) is 4.43 Å². The van der Waals surface area contributed by atoms with Crippen molar-refractivity contribution in [3.63, 3.8) is 0 Å². The molecule has 24 heavy (non-hydrogen) atoms. The minimum absolute atomic E-state index is 0.0582. The monoisotopic (exact) mass is 339 g/mol. The van der Waals surface area contributed by atoms with Crippen molar-refractivity contribution in [1.29, 1.82) is 0 Å². The molecule has 1 saturated heterocycles. The molecule has 1 N–H and O–H groups in total. The Labute approximate surface area is 147 Å². The van der Waals surface area contributed by atoms with E-state index in [9.17, 15) is 0 Å². The van der Waals surface area contributed by atoms with Crippen molar-refractivity contribution in [2.75, 3.05) is 13.2 Å². The normalized spacial score (nSPS) is 21.3. The van der Waals surface area contributed by atoms with E-state index in [0.717, 1.165) is 13.2 Å². The van der Waals surface area contributed by atoms with Gasteiger partial charge < -0.3 is 9.74 Å². The van der Waals surface area contributed by atoms with Crippen LogP contribution in [0.5, 0.6) is 0 Å². The van der Waals surface area contributed by atoms with Crippen LogP contribution < -0.4 is 15.7 Å². The summed E-state index contributed by atoms with van der Waals surface area (Å²) in [6, 6.07) is 22.2. The minimum Gasteiger partial charge on any atom is -0.406 e. The van der Waals surface area contributed by atoms with Gasteiger partial charge in [0.2, 0.25) is 0 Å². The van der Waals surface area contributed by atoms with Crippen molar-refractivity contribution in [3.05, 3.63) is 60.7 Å². The molecule has 0 amide bonds. The van der Waals surface area contributed by atoms with E-state index < -0.39 is 8.32 Å². The van der Waals surface area contributed by atoms with Crippen LogP contribution in [0.4, 0.5) is 0 Å². The van der Waals surface area contributed by atoms with E-state index in [4.69, 9.17) is 4.43 Å². The average Bonchev–Trinajstić information content (AvgIpc) is 2.58. The molecule has 2 atom stereocenters. The third kappa shape index (κ3) is 3.08. The number of rotatable bonds is 5. The molecule has 1 heterocycles. The lowest BCUT2D eigenvalue weighted by atomic mass is 9.95. The van der Waals surface area contributed by atoms with Gasteiger partial charge in [0.25, 0.3) is 8.32 Å². The molecule has 3 heteroatoms. The van der Waals surface area contributed by atoms with E-state index in [1.165, 1.54) is 10.4 Å². The maximum atomic E-state index is 6.92. The Bertz CT molecular complexity index is 611. The van der Waals surface area contributed by atoms with Gasteiger partial charge in [-0.3, -0.25) is 0 Å². The zero-order chi connectivity index (χ0) is 17.2. The molecule has 0 saturated carbocycles. The first-order valence-corrected chi connectivity index (χ1v) is 10.8. The van der Waals surface area contributed by atoms with Crippen LogP contribution in [0.25, 0.3) is 0 Å². The van der Waals surface area contributed by atoms with Crippen molar-refractivity contribution in [2.45, 2.75) is 38.8 Å². The van der Waals surface area contributed by atoms with Crippen LogP contribution in [0.2, 0.25) is 5.04 Å². The van der Waals surface area contributed by atoms with Crippen LogP contribution in [0.3, 0.4) is 0 Å². The fraction of sp³-hybridized carbons (Fsp3) is 0.429. The van der Waals surface area contributed by atoms with Crippen molar-refractivity contribution >= 4 is 18.7 Å². The van der Waals surface area contributed by atoms with Crippen molar-refractivity contribution < 1.29 is 4.43 Å². The van der Waals surface area contributed by atoms with E-state index in [1.807, 2.05) is 0 Å². The van der Waals surface area contributed by atoms with Gasteiger partial charge in [0.15, 0.2) is 0 Å². The first-order valence-electron chi connectivity index (χ1n) is 8.93. The van der Waals surface area contributed by atoms with Gasteiger partial charge in [0.1, 0.15) is 0 Å². The Morgan fingerprint density at radius 2 is 1.46 bits per heavy atom. The number of nitrogens with one attached hydrogen (secondary N) is 1. The standard InChI is InChI=1S/C21H29NOSi/c1-17-15-22-20(17)16-23-24(21(2,3)4,18-11-7-5-8-12-18)19-13-9-6-10-14-19/h5-14,17,20,22H,15-16H2,1-4H3/t17-,20+/m0/s1. The molecule has 1 aliphatic heterocycles. The summed E-state index contributed by atoms with van der Waals surface area (Å²) in [5, 5.41) is 6.29. The molecule has 2 nitrogen and oxygen atoms in total. The number of hydrogen-bond donors (Lipinski definition) is 1. The van der Waals surface area contributed by atoms with Gasteiger partial charge in [-0.05, 0) is 27.9 Å². The predicted octanol–water partition coefficient (Wildman–Crippen LogP) is 3.17. The van der Waals surface area contributed by atoms with Crippen LogP contribution >= 0.6 is 0 Å². The number of benzene rings is 2. The maximum Gasteiger partial charge on any atom is 0.261 e. The molecule has 1 fully saturated rings. The molecular formula is C21H29NOSi. The summed E-state index contributed by atoms with van der Waals surface area (Å²) in [7, 11) is -2.36. The van der Waals surface area contributed by atoms with Gasteiger partial charge in [-0.15, -0.1) is 0 Å². The molecule has 0 spiro atoms. The summed E-state index contributed by atoms with van der Waals surface area (Å²) >= 11 is 0. The summed E-state index contributed by atoms with van der Waals surface area (Å²) in [4.78, 5) is 0. The van der Waals surface area contributed by atoms with Crippen LogP contribution in [0.1, 0.15) is 27.7 Å². The van der Waals surface area contributed by atoms with Crippen molar-refractivity contribution in [1.82, 2.24) is 5.32 Å². The summed E-state index contributed by atoms with van der Waals surface area (Å²) in [6.45, 7) is 11.2. The van der Waals surface area contributed by atoms with Gasteiger partial charge in [-0.2, -0.15) is 0 Å². The van der Waals surface area contributed by atoms with Crippen LogP contribution in [-0.4, -0.2) is 27.5 Å². The van der Waals surface area contributed by atoms with Crippen molar-refractivity contribution in [2.24, 2.45) is 5.92 Å². The zero-order valence-electron chi connectivity index (χ0n) is 15.3. The molecule has 1 aliphatic rings. The van der Waals surface area contributed by atoms with E-state index in [1.54, 1.807) is 0 Å². The molecule has 0 aromatic heterocycles. The third-order valence-corrected chi connectivity index (χ3v) is 10.3. The van der Waals surface area contributed by atoms with E-state index in [0.29, 0.717) is 12.0 Å². The van der Waals surface area contributed by atoms with Gasteiger partial charge in [0, 0.05) is 6.04 Å². The van der Waals surface area contributed by atoms with Gasteiger partial charge >= 0.3 is 0 Å². The molecule has 0 aliphatic carbocycles. The zero-order valence-corrected chi connectivity index (χ0v) is 16.3. The highest BCUT2D eigenvalue weighted by Crippen LogP contribution is 2.37. The molecule has 3 rings (SSSR count). The largest absolute Gasteiger partial charge is 0.406 e. The Hall–Kier alpha value is -1.42. The fourth-order valence-corrected chi connectivity index (χ4v) is 8.30. The molecule has 2 aromatic rings. The van der Waals surface area contributed by atoms with Gasteiger partial charge in [0.05, 0.1) is 6.61 Å². The summed E-state index contributed by atoms with van der Waals surface area (Å²) < 4.78 is 6.92. The molecule has 2 aromatic carbocycles. The molecule has 0 unspecified atom stereocenters. The quantitative estimate of drug-likeness (QED) is 0.845. The highest BCUT2D eigenvalue weighted by Gasteiger charge is 2.50. The Morgan fingerprint density at radius 1 is 0.958 bits per heavy atom. The third-order valence-electron chi connectivity index (χ3n) is 5.29. The van der Waals surface area contributed by atoms with Gasteiger partial charge in [-0.25, -0.2) is 0 Å². The second-order valence-corrected chi connectivity index (χ2v) is 12.3. The molecular weight excluding hydrogens is 310 g/mol. The highest BCUT2D eigenvalue weighted by atomic mass is 28.4. The molecule has 0 bridgehead atoms. The van der Waals surface area contributed by atoms with Crippen molar-refractivity contribution in [3.8, 4) is 0 Å². The topological polar surface area (TPSA) is 21.3 Å². The van der Waals surface area contributed by atoms with E-state index in [2.05, 4.69) is 93.7 Å². The smallest absolute Gasteiger partial charge is 0.261 e. The van der Waals surface area contributed by atoms with E-state index >= 15 is 0 Å². The Balaban J connectivity index is 2.06. The number of hydrogen-bond acceptors (Lipinski definition) is 2. The Morgan fingerprint density at radius 3 is 1.79 bits per heavy atom. The summed E-state index contributed by atoms with van der Waals surface area (Å²) in [6.07, 6.45) is 0. The van der Waals surface area contributed by atoms with Crippen LogP contribution in [0, 0.1) is 5.92 Å². The first kappa shape index (κ1) is 17.4. The van der Waals surface area contributed by atoms with Crippen LogP contribution in [0.15, 0.2) is 60.7 Å². The molecule has 128 valence electrons. The first-order chi connectivity index (χ1) is 11.4. The SMILES string of the molecule is C[C@H]1CN[C@@H]1CO[Si](c1ccccc1)(c1ccccc1)C(C)(C)C. The average molecular weight is 340 g/mol. The van der Waals surface area contributed by atoms with E-state index in [-0.39, 0.29) is 5.04 Å². The lowest BCUT2D eigenvalue weighted by Gasteiger charge is -2.45. The maximum absolute atomic E-state index is 6.92. The molecule has 0 radical (unpaired) electrons. The summed E-state index contributed by atoms with van der Waals surface area (Å²) in [5.74, 6) is 0.697. The fourth-order valence-electron chi connectivity index (χ4n) is 3.72. The lowest BCUT2D eigenvalue weighted by molar-refractivity contribution is 0.154. The summed E-state index contributed by atoms with van der Waals surface area (Å²) in [5.41, 5.74) is 0. The minimum atomic E-state index is -2.36. The Kier molecular flexibility index (Phi) is 4.95. The lowest BCUT2D eigenvalue weighted by Crippen LogP contribution is -2.68. The van der Waals surface area contributed by atoms with Gasteiger partial charge in [-0.1, -0.05) is 88.4 Å². The predicted molar refractivity (Wildman–Crippen MR) is 105 cm³/mol. The second-order valence-electron chi connectivity index (χ2n) is 7.97.